The maximum Gasteiger partial charge on any atom is 0.276 e. The predicted octanol–water partition coefficient (Wildman–Crippen LogP) is 1.18. The number of carbonyl (C=O) groups is 1. The third kappa shape index (κ3) is 4.53. The Hall–Kier alpha value is -1.44. The molecule has 0 aromatic heterocycles. The highest BCUT2D eigenvalue weighted by Crippen LogP contribution is 2.22. The van der Waals surface area contributed by atoms with Gasteiger partial charge in [0, 0.05) is 32.6 Å². The second kappa shape index (κ2) is 6.98. The first-order chi connectivity index (χ1) is 10.7. The Balaban J connectivity index is 1.97. The van der Waals surface area contributed by atoms with Crippen molar-refractivity contribution in [2.24, 2.45) is 11.1 Å². The molecule has 0 atom stereocenters. The van der Waals surface area contributed by atoms with Crippen LogP contribution in [0.3, 0.4) is 0 Å². The minimum Gasteiger partial charge on any atom is -0.341 e. The average Bonchev–Trinajstić information content (AvgIpc) is 2.49. The first kappa shape index (κ1) is 17.9. The van der Waals surface area contributed by atoms with Crippen LogP contribution in [0.2, 0.25) is 0 Å². The van der Waals surface area contributed by atoms with Gasteiger partial charge in [-0.3, -0.25) is 4.79 Å². The number of rotatable bonds is 4. The highest BCUT2D eigenvalue weighted by Gasteiger charge is 2.30. The smallest absolute Gasteiger partial charge is 0.276 e. The molecule has 0 aliphatic carbocycles. The molecule has 1 saturated heterocycles. The van der Waals surface area contributed by atoms with Crippen molar-refractivity contribution in [3.8, 4) is 0 Å². The summed E-state index contributed by atoms with van der Waals surface area (Å²) in [6, 6.07) is 6.22. The molecular weight excluding hydrogens is 314 g/mol. The van der Waals surface area contributed by atoms with Crippen LogP contribution in [0.5, 0.6) is 0 Å². The number of nitrogens with zero attached hydrogens (tertiary/aromatic N) is 2. The maximum atomic E-state index is 12.6. The number of amides is 1. The lowest BCUT2D eigenvalue weighted by Gasteiger charge is -2.31. The number of hydrogen-bond donors (Lipinski definition) is 1. The lowest BCUT2D eigenvalue weighted by Crippen LogP contribution is -2.45. The zero-order chi connectivity index (χ0) is 17.2. The van der Waals surface area contributed by atoms with Crippen LogP contribution in [-0.4, -0.2) is 43.7 Å². The van der Waals surface area contributed by atoms with Gasteiger partial charge in [0.2, 0.25) is 5.91 Å². The number of carbonyl (C=O) groups excluding carboxylic acids is 1. The van der Waals surface area contributed by atoms with Crippen LogP contribution in [0.4, 0.5) is 0 Å². The lowest BCUT2D eigenvalue weighted by atomic mass is 9.96. The summed E-state index contributed by atoms with van der Waals surface area (Å²) < 4.78 is 23.9. The summed E-state index contributed by atoms with van der Waals surface area (Å²) in [6.07, 6.45) is 1.04. The van der Waals surface area contributed by atoms with Crippen molar-refractivity contribution < 1.29 is 13.2 Å². The van der Waals surface area contributed by atoms with Gasteiger partial charge in [0.15, 0.2) is 0 Å². The Labute approximate surface area is 138 Å². The van der Waals surface area contributed by atoms with Crippen molar-refractivity contribution in [2.45, 2.75) is 33.2 Å². The molecule has 1 aliphatic heterocycles. The van der Waals surface area contributed by atoms with Gasteiger partial charge in [-0.05, 0) is 37.8 Å². The van der Waals surface area contributed by atoms with Gasteiger partial charge < -0.3 is 4.90 Å². The quantitative estimate of drug-likeness (QED) is 0.894. The van der Waals surface area contributed by atoms with E-state index in [1.165, 1.54) is 15.4 Å². The fraction of sp³-hybridized carbons (Fsp3) is 0.562. The molecule has 0 bridgehead atoms. The molecule has 128 valence electrons. The van der Waals surface area contributed by atoms with E-state index >= 15 is 0 Å². The van der Waals surface area contributed by atoms with E-state index in [1.807, 2.05) is 13.8 Å². The van der Waals surface area contributed by atoms with Crippen molar-refractivity contribution in [2.75, 3.05) is 20.1 Å². The fourth-order valence-corrected chi connectivity index (χ4v) is 3.69. The molecule has 0 saturated carbocycles. The van der Waals surface area contributed by atoms with E-state index in [1.54, 1.807) is 11.9 Å². The number of hydrogen-bond acceptors (Lipinski definition) is 3. The summed E-state index contributed by atoms with van der Waals surface area (Å²) in [4.78, 5) is 14.3. The van der Waals surface area contributed by atoms with Crippen molar-refractivity contribution in [1.29, 1.82) is 0 Å². The Bertz CT molecular complexity index is 680. The van der Waals surface area contributed by atoms with Gasteiger partial charge in [-0.2, -0.15) is 12.7 Å². The SMILES string of the molecule is Cc1ccc(C)c(CN(C)C(=O)C2CCN(S(N)(=O)=O)CC2)c1. The Kier molecular flexibility index (Phi) is 5.44. The zero-order valence-electron chi connectivity index (χ0n) is 13.9. The summed E-state index contributed by atoms with van der Waals surface area (Å²) in [7, 11) is -1.84. The second-order valence-electron chi connectivity index (χ2n) is 6.34. The molecule has 1 amide bonds. The molecule has 23 heavy (non-hydrogen) atoms. The Morgan fingerprint density at radius 1 is 1.30 bits per heavy atom. The molecule has 2 N–H and O–H groups in total. The molecule has 1 aromatic rings. The normalized spacial score (nSPS) is 17.2. The van der Waals surface area contributed by atoms with Gasteiger partial charge in [0.1, 0.15) is 0 Å². The molecule has 1 fully saturated rings. The van der Waals surface area contributed by atoms with Gasteiger partial charge in [-0.15, -0.1) is 0 Å². The van der Waals surface area contributed by atoms with E-state index in [4.69, 9.17) is 5.14 Å². The Morgan fingerprint density at radius 3 is 2.48 bits per heavy atom. The molecule has 1 aromatic carbocycles. The third-order valence-corrected chi connectivity index (χ3v) is 5.54. The molecule has 7 heteroatoms. The van der Waals surface area contributed by atoms with Crippen molar-refractivity contribution >= 4 is 16.1 Å². The summed E-state index contributed by atoms with van der Waals surface area (Å²) >= 11 is 0. The molecule has 0 spiro atoms. The van der Waals surface area contributed by atoms with E-state index in [0.29, 0.717) is 32.5 Å². The standard InChI is InChI=1S/C16H25N3O3S/c1-12-4-5-13(2)15(10-12)11-18(3)16(20)14-6-8-19(9-7-14)23(17,21)22/h4-5,10,14H,6-9,11H2,1-3H3,(H2,17,21,22). The van der Waals surface area contributed by atoms with Gasteiger partial charge in [-0.25, -0.2) is 5.14 Å². The van der Waals surface area contributed by atoms with Gasteiger partial charge in [0.05, 0.1) is 0 Å². The van der Waals surface area contributed by atoms with Crippen molar-refractivity contribution in [3.63, 3.8) is 0 Å². The molecule has 0 radical (unpaired) electrons. The Morgan fingerprint density at radius 2 is 1.91 bits per heavy atom. The fourth-order valence-electron chi connectivity index (χ4n) is 2.97. The van der Waals surface area contributed by atoms with Crippen LogP contribution >= 0.6 is 0 Å². The second-order valence-corrected chi connectivity index (χ2v) is 7.89. The monoisotopic (exact) mass is 339 g/mol. The minimum atomic E-state index is -3.65. The van der Waals surface area contributed by atoms with Gasteiger partial charge in [-0.1, -0.05) is 23.8 Å². The molecule has 1 heterocycles. The third-order valence-electron chi connectivity index (χ3n) is 4.45. The summed E-state index contributed by atoms with van der Waals surface area (Å²) in [5, 5.41) is 5.13. The van der Waals surface area contributed by atoms with Crippen LogP contribution in [-0.2, 0) is 21.5 Å². The summed E-state index contributed by atoms with van der Waals surface area (Å²) in [6.45, 7) is 5.27. The summed E-state index contributed by atoms with van der Waals surface area (Å²) in [5.41, 5.74) is 3.48. The van der Waals surface area contributed by atoms with Crippen LogP contribution in [0, 0.1) is 19.8 Å². The molecule has 6 nitrogen and oxygen atoms in total. The van der Waals surface area contributed by atoms with Gasteiger partial charge in [0.25, 0.3) is 10.2 Å². The van der Waals surface area contributed by atoms with E-state index in [-0.39, 0.29) is 11.8 Å². The van der Waals surface area contributed by atoms with Crippen LogP contribution in [0.25, 0.3) is 0 Å². The summed E-state index contributed by atoms with van der Waals surface area (Å²) in [5.74, 6) is -0.0666. The predicted molar refractivity (Wildman–Crippen MR) is 89.8 cm³/mol. The number of piperidine rings is 1. The molecular formula is C16H25N3O3S. The number of aryl methyl sites for hydroxylation is 2. The zero-order valence-corrected chi connectivity index (χ0v) is 14.8. The molecule has 1 aliphatic rings. The van der Waals surface area contributed by atoms with Crippen molar-refractivity contribution in [3.05, 3.63) is 34.9 Å². The highest BCUT2D eigenvalue weighted by atomic mass is 32.2. The lowest BCUT2D eigenvalue weighted by molar-refractivity contribution is -0.135. The molecule has 0 unspecified atom stereocenters. The number of benzene rings is 1. The van der Waals surface area contributed by atoms with Gasteiger partial charge >= 0.3 is 0 Å². The average molecular weight is 339 g/mol. The van der Waals surface area contributed by atoms with Crippen molar-refractivity contribution in [1.82, 2.24) is 9.21 Å². The first-order valence-corrected chi connectivity index (χ1v) is 9.28. The maximum absolute atomic E-state index is 12.6. The van der Waals surface area contributed by atoms with Crippen LogP contribution < -0.4 is 5.14 Å². The number of nitrogens with two attached hydrogens (primary N) is 1. The highest BCUT2D eigenvalue weighted by molar-refractivity contribution is 7.86. The van der Waals surface area contributed by atoms with E-state index in [9.17, 15) is 13.2 Å². The van der Waals surface area contributed by atoms with E-state index in [0.717, 1.165) is 5.56 Å². The largest absolute Gasteiger partial charge is 0.341 e. The minimum absolute atomic E-state index is 0.0694. The topological polar surface area (TPSA) is 83.7 Å². The van der Waals surface area contributed by atoms with Crippen LogP contribution in [0.15, 0.2) is 18.2 Å². The van der Waals surface area contributed by atoms with E-state index < -0.39 is 10.2 Å². The molecule has 2 rings (SSSR count). The van der Waals surface area contributed by atoms with E-state index in [2.05, 4.69) is 18.2 Å². The van der Waals surface area contributed by atoms with Crippen LogP contribution in [0.1, 0.15) is 29.5 Å². The first-order valence-electron chi connectivity index (χ1n) is 7.77.